The zero-order chi connectivity index (χ0) is 28.7. The van der Waals surface area contributed by atoms with Crippen molar-refractivity contribution in [3.63, 3.8) is 0 Å². The van der Waals surface area contributed by atoms with Crippen LogP contribution in [-0.2, 0) is 11.3 Å². The Bertz CT molecular complexity index is 1500. The van der Waals surface area contributed by atoms with Crippen molar-refractivity contribution in [2.24, 2.45) is 0 Å². The molecule has 0 unspecified atom stereocenters. The van der Waals surface area contributed by atoms with Gasteiger partial charge in [0, 0.05) is 23.6 Å². The number of rotatable bonds is 8. The van der Waals surface area contributed by atoms with Crippen LogP contribution in [0.3, 0.4) is 0 Å². The number of hydrogen-bond acceptors (Lipinski definition) is 8. The van der Waals surface area contributed by atoms with Crippen molar-refractivity contribution in [3.8, 4) is 23.4 Å². The molecule has 1 heterocycles. The zero-order valence-electron chi connectivity index (χ0n) is 23.1. The minimum atomic E-state index is -0.563. The molecule has 40 heavy (non-hydrogen) atoms. The second-order valence-electron chi connectivity index (χ2n) is 10.1. The molecule has 0 bridgehead atoms. The second-order valence-corrected chi connectivity index (χ2v) is 10.1. The van der Waals surface area contributed by atoms with Gasteiger partial charge in [0.1, 0.15) is 23.7 Å². The fraction of sp³-hybridized carbons (Fsp3) is 0.226. The maximum absolute atomic E-state index is 11.9. The van der Waals surface area contributed by atoms with Gasteiger partial charge in [-0.1, -0.05) is 0 Å². The van der Waals surface area contributed by atoms with Crippen LogP contribution in [-0.4, -0.2) is 21.7 Å². The average Bonchev–Trinajstić information content (AvgIpc) is 2.90. The molecular weight excluding hydrogens is 506 g/mol. The van der Waals surface area contributed by atoms with Gasteiger partial charge in [0.15, 0.2) is 0 Å². The minimum absolute atomic E-state index is 0.368. The molecule has 0 fully saturated rings. The van der Waals surface area contributed by atoms with Crippen molar-refractivity contribution in [2.75, 3.05) is 10.6 Å². The van der Waals surface area contributed by atoms with Crippen molar-refractivity contribution < 1.29 is 19.0 Å². The summed E-state index contributed by atoms with van der Waals surface area (Å²) in [6.45, 7) is 9.76. The topological polar surface area (TPSA) is 118 Å². The normalized spacial score (nSPS) is 10.8. The third kappa shape index (κ3) is 7.95. The molecule has 0 atom stereocenters. The highest BCUT2D eigenvalue weighted by Gasteiger charge is 2.16. The molecule has 0 aliphatic carbocycles. The number of carbonyl (C=O) groups is 1. The molecule has 1 aromatic heterocycles. The van der Waals surface area contributed by atoms with Crippen LogP contribution in [0.5, 0.6) is 17.4 Å². The molecule has 0 radical (unpaired) electrons. The molecule has 0 saturated carbocycles. The summed E-state index contributed by atoms with van der Waals surface area (Å²) in [7, 11) is 0. The van der Waals surface area contributed by atoms with Gasteiger partial charge in [-0.05, 0) is 112 Å². The van der Waals surface area contributed by atoms with Crippen molar-refractivity contribution in [2.45, 2.75) is 46.8 Å². The minimum Gasteiger partial charge on any atom is -0.489 e. The molecule has 204 valence electrons. The van der Waals surface area contributed by atoms with E-state index in [-0.39, 0.29) is 0 Å². The van der Waals surface area contributed by atoms with E-state index in [4.69, 9.17) is 19.5 Å². The Kier molecular flexibility index (Phi) is 8.50. The lowest BCUT2D eigenvalue weighted by Gasteiger charge is -2.19. The largest absolute Gasteiger partial charge is 0.489 e. The Hall–Kier alpha value is -5.10. The number of aromatic nitrogens is 2. The lowest BCUT2D eigenvalue weighted by Crippen LogP contribution is -2.27. The summed E-state index contributed by atoms with van der Waals surface area (Å²) in [5.41, 5.74) is 4.27. The number of carbonyl (C=O) groups excluding carboxylic acids is 1. The lowest BCUT2D eigenvalue weighted by atomic mass is 10.1. The molecular formula is C31H31N5O4. The number of benzene rings is 3. The summed E-state index contributed by atoms with van der Waals surface area (Å²) < 4.78 is 17.4. The van der Waals surface area contributed by atoms with Gasteiger partial charge in [-0.2, -0.15) is 10.2 Å². The Morgan fingerprint density at radius 1 is 0.950 bits per heavy atom. The van der Waals surface area contributed by atoms with Gasteiger partial charge < -0.3 is 19.5 Å². The standard InChI is InChI=1S/C31H31N5O4/c1-20-16-23(19-38-26-12-10-25(11-13-26)35-30(37)40-31(3,4)5)17-21(2)28(20)39-27-14-15-33-29(36-27)34-24-8-6-22(18-32)7-9-24/h6-17H,19H2,1-5H3,(H,35,37)(H,33,34,36). The monoisotopic (exact) mass is 537 g/mol. The molecule has 9 heteroatoms. The molecule has 0 aliphatic heterocycles. The predicted molar refractivity (Wildman–Crippen MR) is 153 cm³/mol. The van der Waals surface area contributed by atoms with E-state index in [1.165, 1.54) is 0 Å². The Morgan fingerprint density at radius 2 is 1.60 bits per heavy atom. The van der Waals surface area contributed by atoms with Gasteiger partial charge in [-0.3, -0.25) is 5.32 Å². The number of amides is 1. The maximum Gasteiger partial charge on any atom is 0.412 e. The van der Waals surface area contributed by atoms with Crippen LogP contribution in [0.15, 0.2) is 72.9 Å². The Labute approximate surface area is 233 Å². The number of nitrogens with zero attached hydrogens (tertiary/aromatic N) is 3. The van der Waals surface area contributed by atoms with E-state index in [2.05, 4.69) is 26.7 Å². The number of ether oxygens (including phenoxy) is 3. The first kappa shape index (κ1) is 27.9. The van der Waals surface area contributed by atoms with E-state index in [0.717, 1.165) is 22.4 Å². The molecule has 4 rings (SSSR count). The van der Waals surface area contributed by atoms with Crippen LogP contribution in [0.25, 0.3) is 0 Å². The highest BCUT2D eigenvalue weighted by atomic mass is 16.6. The van der Waals surface area contributed by atoms with Crippen LogP contribution < -0.4 is 20.1 Å². The summed E-state index contributed by atoms with van der Waals surface area (Å²) >= 11 is 0. The summed E-state index contributed by atoms with van der Waals surface area (Å²) in [4.78, 5) is 20.7. The van der Waals surface area contributed by atoms with Gasteiger partial charge in [0.2, 0.25) is 11.8 Å². The van der Waals surface area contributed by atoms with Crippen molar-refractivity contribution in [3.05, 3.63) is 95.2 Å². The number of aryl methyl sites for hydroxylation is 2. The highest BCUT2D eigenvalue weighted by Crippen LogP contribution is 2.30. The molecule has 0 saturated heterocycles. The quantitative estimate of drug-likeness (QED) is 0.238. The number of nitriles is 1. The van der Waals surface area contributed by atoms with E-state index in [9.17, 15) is 4.79 Å². The molecule has 3 aromatic carbocycles. The number of nitrogens with one attached hydrogen (secondary N) is 2. The van der Waals surface area contributed by atoms with Crippen molar-refractivity contribution in [1.82, 2.24) is 9.97 Å². The van der Waals surface area contributed by atoms with Crippen LogP contribution >= 0.6 is 0 Å². The van der Waals surface area contributed by atoms with E-state index in [1.807, 2.05) is 46.8 Å². The lowest BCUT2D eigenvalue weighted by molar-refractivity contribution is 0.0636. The zero-order valence-corrected chi connectivity index (χ0v) is 23.1. The fourth-order valence-electron chi connectivity index (χ4n) is 3.83. The van der Waals surface area contributed by atoms with Crippen LogP contribution in [0.4, 0.5) is 22.1 Å². The van der Waals surface area contributed by atoms with Crippen LogP contribution in [0, 0.1) is 25.2 Å². The molecule has 4 aromatic rings. The summed E-state index contributed by atoms with van der Waals surface area (Å²) in [6, 6.07) is 22.0. The van der Waals surface area contributed by atoms with Crippen molar-refractivity contribution in [1.29, 1.82) is 5.26 Å². The Balaban J connectivity index is 1.36. The maximum atomic E-state index is 11.9. The van der Waals surface area contributed by atoms with Crippen LogP contribution in [0.1, 0.15) is 43.0 Å². The van der Waals surface area contributed by atoms with Crippen LogP contribution in [0.2, 0.25) is 0 Å². The first-order chi connectivity index (χ1) is 19.1. The summed E-state index contributed by atoms with van der Waals surface area (Å²) in [5, 5.41) is 14.8. The Morgan fingerprint density at radius 3 is 2.23 bits per heavy atom. The average molecular weight is 538 g/mol. The van der Waals surface area contributed by atoms with E-state index >= 15 is 0 Å². The van der Waals surface area contributed by atoms with Gasteiger partial charge in [0.25, 0.3) is 0 Å². The first-order valence-corrected chi connectivity index (χ1v) is 12.7. The van der Waals surface area contributed by atoms with E-state index in [1.54, 1.807) is 60.8 Å². The smallest absolute Gasteiger partial charge is 0.412 e. The first-order valence-electron chi connectivity index (χ1n) is 12.7. The van der Waals surface area contributed by atoms with Crippen molar-refractivity contribution >= 4 is 23.4 Å². The van der Waals surface area contributed by atoms with Gasteiger partial charge in [-0.15, -0.1) is 0 Å². The molecule has 1 amide bonds. The summed E-state index contributed by atoms with van der Waals surface area (Å²) in [5.74, 6) is 2.18. The number of hydrogen-bond donors (Lipinski definition) is 2. The molecule has 2 N–H and O–H groups in total. The predicted octanol–water partition coefficient (Wildman–Crippen LogP) is 7.43. The molecule has 0 aliphatic rings. The highest BCUT2D eigenvalue weighted by molar-refractivity contribution is 5.84. The molecule has 0 spiro atoms. The van der Waals surface area contributed by atoms with E-state index in [0.29, 0.717) is 41.2 Å². The van der Waals surface area contributed by atoms with Gasteiger partial charge >= 0.3 is 6.09 Å². The SMILES string of the molecule is Cc1cc(COc2ccc(NC(=O)OC(C)(C)C)cc2)cc(C)c1Oc1ccnc(Nc2ccc(C#N)cc2)n1. The third-order valence-corrected chi connectivity index (χ3v) is 5.53. The number of anilines is 3. The van der Waals surface area contributed by atoms with Gasteiger partial charge in [0.05, 0.1) is 11.6 Å². The third-order valence-electron chi connectivity index (χ3n) is 5.53. The summed E-state index contributed by atoms with van der Waals surface area (Å²) in [6.07, 6.45) is 1.12. The van der Waals surface area contributed by atoms with E-state index < -0.39 is 11.7 Å². The fourth-order valence-corrected chi connectivity index (χ4v) is 3.83. The molecule has 9 nitrogen and oxygen atoms in total. The second kappa shape index (κ2) is 12.2. The van der Waals surface area contributed by atoms with Gasteiger partial charge in [-0.25, -0.2) is 9.78 Å².